The minimum Gasteiger partial charge on any atom is -0.480 e. The summed E-state index contributed by atoms with van der Waals surface area (Å²) in [5, 5.41) is 9.13. The Kier molecular flexibility index (Phi) is 4.89. The van der Waals surface area contributed by atoms with Gasteiger partial charge in [-0.05, 0) is 34.6 Å². The topological polar surface area (TPSA) is 66.8 Å². The van der Waals surface area contributed by atoms with Gasteiger partial charge in [0.05, 0.1) is 0 Å². The second kappa shape index (κ2) is 5.16. The molecule has 1 N–H and O–H groups in total. The van der Waals surface area contributed by atoms with Gasteiger partial charge >= 0.3 is 12.1 Å². The predicted octanol–water partition coefficient (Wildman–Crippen LogP) is 2.01. The lowest BCUT2D eigenvalue weighted by atomic mass is 10.0. The molecule has 0 fully saturated rings. The summed E-state index contributed by atoms with van der Waals surface area (Å²) in [5.74, 6) is -1.11. The van der Waals surface area contributed by atoms with E-state index >= 15 is 0 Å². The van der Waals surface area contributed by atoms with Crippen molar-refractivity contribution in [1.82, 2.24) is 4.90 Å². The van der Waals surface area contributed by atoms with Crippen molar-refractivity contribution in [3.05, 3.63) is 0 Å². The molecule has 0 rings (SSSR count). The number of thiol groups is 1. The Hall–Kier alpha value is -0.910. The van der Waals surface area contributed by atoms with Gasteiger partial charge in [0, 0.05) is 11.8 Å². The molecule has 1 atom stereocenters. The van der Waals surface area contributed by atoms with Crippen LogP contribution in [-0.4, -0.2) is 45.5 Å². The largest absolute Gasteiger partial charge is 0.480 e. The maximum atomic E-state index is 11.8. The normalized spacial score (nSPS) is 14.1. The van der Waals surface area contributed by atoms with E-state index < -0.39 is 28.5 Å². The molecule has 0 aromatic heterocycles. The van der Waals surface area contributed by atoms with Crippen LogP contribution in [0, 0.1) is 0 Å². The van der Waals surface area contributed by atoms with Crippen LogP contribution < -0.4 is 0 Å². The van der Waals surface area contributed by atoms with Crippen LogP contribution in [0.4, 0.5) is 4.79 Å². The number of nitrogens with zero attached hydrogens (tertiary/aromatic N) is 1. The van der Waals surface area contributed by atoms with Crippen LogP contribution in [0.2, 0.25) is 0 Å². The highest BCUT2D eigenvalue weighted by Crippen LogP contribution is 2.23. The summed E-state index contributed by atoms with van der Waals surface area (Å²) in [6, 6.07) is -1.05. The summed E-state index contributed by atoms with van der Waals surface area (Å²) in [5.41, 5.74) is -0.658. The molecule has 0 saturated heterocycles. The first kappa shape index (κ1) is 16.1. The van der Waals surface area contributed by atoms with Gasteiger partial charge in [-0.3, -0.25) is 4.90 Å². The van der Waals surface area contributed by atoms with E-state index in [1.54, 1.807) is 34.6 Å². The summed E-state index contributed by atoms with van der Waals surface area (Å²) in [4.78, 5) is 24.0. The number of carboxylic acids is 1. The van der Waals surface area contributed by atoms with Crippen LogP contribution in [-0.2, 0) is 9.53 Å². The summed E-state index contributed by atoms with van der Waals surface area (Å²) in [6.07, 6.45) is -0.674. The third-order valence-electron chi connectivity index (χ3n) is 1.97. The van der Waals surface area contributed by atoms with Crippen molar-refractivity contribution in [2.45, 2.75) is 51.0 Å². The number of hydrogen-bond acceptors (Lipinski definition) is 4. The van der Waals surface area contributed by atoms with E-state index in [1.165, 1.54) is 7.05 Å². The van der Waals surface area contributed by atoms with E-state index in [0.29, 0.717) is 0 Å². The molecule has 100 valence electrons. The third-order valence-corrected chi connectivity index (χ3v) is 2.22. The number of rotatable bonds is 3. The average molecular weight is 263 g/mol. The van der Waals surface area contributed by atoms with Crippen molar-refractivity contribution < 1.29 is 19.4 Å². The minimum absolute atomic E-state index is 0.658. The van der Waals surface area contributed by atoms with Gasteiger partial charge < -0.3 is 9.84 Å². The Balaban J connectivity index is 4.93. The first-order valence-electron chi connectivity index (χ1n) is 5.27. The Morgan fingerprint density at radius 1 is 1.24 bits per heavy atom. The Labute approximate surface area is 108 Å². The van der Waals surface area contributed by atoms with E-state index in [2.05, 4.69) is 12.6 Å². The quantitative estimate of drug-likeness (QED) is 0.764. The van der Waals surface area contributed by atoms with Gasteiger partial charge in [0.15, 0.2) is 0 Å². The predicted molar refractivity (Wildman–Crippen MR) is 68.5 cm³/mol. The van der Waals surface area contributed by atoms with Crippen LogP contribution in [0.25, 0.3) is 0 Å². The number of carboxylic acid groups (broad SMARTS) is 1. The molecule has 0 radical (unpaired) electrons. The highest BCUT2D eigenvalue weighted by atomic mass is 32.1. The fraction of sp³-hybridized carbons (Fsp3) is 0.818. The molecule has 0 aromatic carbocycles. The van der Waals surface area contributed by atoms with Gasteiger partial charge in [-0.1, -0.05) is 0 Å². The highest BCUT2D eigenvalue weighted by Gasteiger charge is 2.39. The van der Waals surface area contributed by atoms with Gasteiger partial charge in [-0.15, -0.1) is 0 Å². The van der Waals surface area contributed by atoms with Crippen LogP contribution >= 0.6 is 12.6 Å². The van der Waals surface area contributed by atoms with E-state index in [4.69, 9.17) is 9.84 Å². The molecule has 0 aliphatic rings. The number of ether oxygens (including phenoxy) is 1. The van der Waals surface area contributed by atoms with Crippen molar-refractivity contribution >= 4 is 24.7 Å². The Morgan fingerprint density at radius 3 is 1.88 bits per heavy atom. The second-order valence-corrected chi connectivity index (χ2v) is 6.64. The van der Waals surface area contributed by atoms with Gasteiger partial charge in [-0.2, -0.15) is 12.6 Å². The maximum absolute atomic E-state index is 11.8. The molecule has 0 aliphatic heterocycles. The van der Waals surface area contributed by atoms with Crippen LogP contribution in [0.1, 0.15) is 34.6 Å². The summed E-state index contributed by atoms with van der Waals surface area (Å²) in [7, 11) is 1.39. The summed E-state index contributed by atoms with van der Waals surface area (Å²) >= 11 is 4.20. The van der Waals surface area contributed by atoms with E-state index in [9.17, 15) is 9.59 Å². The molecule has 0 unspecified atom stereocenters. The molecule has 17 heavy (non-hydrogen) atoms. The number of carbonyl (C=O) groups excluding carboxylic acids is 1. The number of hydrogen-bond donors (Lipinski definition) is 2. The standard InChI is InChI=1S/C11H21NO4S/c1-10(2,3)16-9(15)12(6)7(8(13)14)11(4,5)17/h7,17H,1-6H3,(H,13,14)/t7-/m1/s1. The zero-order chi connectivity index (χ0) is 14.0. The number of amides is 1. The molecular weight excluding hydrogens is 242 g/mol. The second-order valence-electron chi connectivity index (χ2n) is 5.49. The van der Waals surface area contributed by atoms with E-state index in [-0.39, 0.29) is 0 Å². The van der Waals surface area contributed by atoms with Crippen molar-refractivity contribution in [2.75, 3.05) is 7.05 Å². The first-order valence-corrected chi connectivity index (χ1v) is 5.72. The molecule has 0 bridgehead atoms. The smallest absolute Gasteiger partial charge is 0.410 e. The zero-order valence-electron chi connectivity index (χ0n) is 11.1. The van der Waals surface area contributed by atoms with Crippen LogP contribution in [0.15, 0.2) is 0 Å². The Bertz CT molecular complexity index is 304. The van der Waals surface area contributed by atoms with E-state index in [1.807, 2.05) is 0 Å². The molecule has 0 heterocycles. The molecule has 0 aliphatic carbocycles. The van der Waals surface area contributed by atoms with Gasteiger partial charge in [0.2, 0.25) is 0 Å². The highest BCUT2D eigenvalue weighted by molar-refractivity contribution is 7.81. The summed E-state index contributed by atoms with van der Waals surface area (Å²) < 4.78 is 4.25. The lowest BCUT2D eigenvalue weighted by Gasteiger charge is -2.34. The van der Waals surface area contributed by atoms with Crippen molar-refractivity contribution in [1.29, 1.82) is 0 Å². The fourth-order valence-electron chi connectivity index (χ4n) is 1.38. The molecule has 0 spiro atoms. The Morgan fingerprint density at radius 2 is 1.65 bits per heavy atom. The summed E-state index contributed by atoms with van der Waals surface area (Å²) in [6.45, 7) is 8.44. The monoisotopic (exact) mass is 263 g/mol. The number of likely N-dealkylation sites (N-methyl/N-ethyl adjacent to an activating group) is 1. The van der Waals surface area contributed by atoms with Crippen LogP contribution in [0.5, 0.6) is 0 Å². The van der Waals surface area contributed by atoms with Crippen molar-refractivity contribution in [2.24, 2.45) is 0 Å². The van der Waals surface area contributed by atoms with Crippen molar-refractivity contribution in [3.63, 3.8) is 0 Å². The minimum atomic E-state index is -1.11. The van der Waals surface area contributed by atoms with Crippen molar-refractivity contribution in [3.8, 4) is 0 Å². The third kappa shape index (κ3) is 5.30. The molecule has 6 heteroatoms. The first-order chi connectivity index (χ1) is 7.36. The fourth-order valence-corrected chi connectivity index (χ4v) is 1.66. The molecular formula is C11H21NO4S. The number of carbonyl (C=O) groups is 2. The molecule has 0 saturated carbocycles. The van der Waals surface area contributed by atoms with Gasteiger partial charge in [0.25, 0.3) is 0 Å². The maximum Gasteiger partial charge on any atom is 0.410 e. The molecule has 1 amide bonds. The lowest BCUT2D eigenvalue weighted by molar-refractivity contribution is -0.143. The molecule has 5 nitrogen and oxygen atoms in total. The average Bonchev–Trinajstić information content (AvgIpc) is 1.96. The van der Waals surface area contributed by atoms with E-state index in [0.717, 1.165) is 4.90 Å². The SMILES string of the molecule is CN(C(=O)OC(C)(C)C)[C@H](C(=O)O)C(C)(C)S. The number of aliphatic carboxylic acids is 1. The van der Waals surface area contributed by atoms with Crippen LogP contribution in [0.3, 0.4) is 0 Å². The lowest BCUT2D eigenvalue weighted by Crippen LogP contribution is -2.53. The van der Waals surface area contributed by atoms with Gasteiger partial charge in [-0.25, -0.2) is 9.59 Å². The van der Waals surface area contributed by atoms with Gasteiger partial charge in [0.1, 0.15) is 11.6 Å². The molecule has 0 aromatic rings. The zero-order valence-corrected chi connectivity index (χ0v) is 12.0.